The molecule has 4 heteroatoms. The van der Waals surface area contributed by atoms with Crippen LogP contribution in [0.25, 0.3) is 6.08 Å². The molecular formula is C11H13NO3. The fraction of sp³-hybridized carbons (Fsp3) is 0.273. The third-order valence-electron chi connectivity index (χ3n) is 2.11. The van der Waals surface area contributed by atoms with E-state index in [9.17, 15) is 15.2 Å². The van der Waals surface area contributed by atoms with Crippen LogP contribution in [0.15, 0.2) is 36.4 Å². The largest absolute Gasteiger partial charge is 0.382 e. The molecule has 0 aliphatic carbocycles. The lowest BCUT2D eigenvalue weighted by molar-refractivity contribution is -0.526. The number of aliphatic hydroxyl groups is 1. The minimum absolute atomic E-state index is 0.500. The van der Waals surface area contributed by atoms with Crippen molar-refractivity contribution in [1.82, 2.24) is 0 Å². The third-order valence-corrected chi connectivity index (χ3v) is 2.11. The first-order valence-electron chi connectivity index (χ1n) is 4.66. The molecule has 1 aromatic rings. The van der Waals surface area contributed by atoms with Crippen LogP contribution in [0.2, 0.25) is 0 Å². The summed E-state index contributed by atoms with van der Waals surface area (Å²) < 4.78 is 0. The van der Waals surface area contributed by atoms with E-state index in [1.54, 1.807) is 6.08 Å². The molecule has 0 aliphatic heterocycles. The van der Waals surface area contributed by atoms with Gasteiger partial charge in [0.05, 0.1) is 0 Å². The number of benzene rings is 1. The van der Waals surface area contributed by atoms with Crippen molar-refractivity contribution >= 4 is 6.08 Å². The molecular weight excluding hydrogens is 194 g/mol. The topological polar surface area (TPSA) is 63.4 Å². The molecule has 0 amide bonds. The Morgan fingerprint density at radius 3 is 2.53 bits per heavy atom. The van der Waals surface area contributed by atoms with Gasteiger partial charge in [-0.15, -0.1) is 0 Å². The fourth-order valence-electron chi connectivity index (χ4n) is 1.06. The van der Waals surface area contributed by atoms with Crippen molar-refractivity contribution < 1.29 is 10.0 Å². The molecule has 0 unspecified atom stereocenters. The maximum Gasteiger partial charge on any atom is 0.239 e. The summed E-state index contributed by atoms with van der Waals surface area (Å²) in [5.74, 6) is 0. The van der Waals surface area contributed by atoms with Gasteiger partial charge in [0.1, 0.15) is 6.10 Å². The number of aliphatic hydroxyl groups excluding tert-OH is 1. The highest BCUT2D eigenvalue weighted by Crippen LogP contribution is 2.05. The summed E-state index contributed by atoms with van der Waals surface area (Å²) >= 11 is 0. The van der Waals surface area contributed by atoms with E-state index >= 15 is 0 Å². The molecule has 80 valence electrons. The van der Waals surface area contributed by atoms with Gasteiger partial charge < -0.3 is 5.11 Å². The quantitative estimate of drug-likeness (QED) is 0.604. The highest BCUT2D eigenvalue weighted by Gasteiger charge is 2.20. The van der Waals surface area contributed by atoms with Crippen molar-refractivity contribution in [1.29, 1.82) is 0 Å². The van der Waals surface area contributed by atoms with E-state index < -0.39 is 17.1 Å². The lowest BCUT2D eigenvalue weighted by atomic mass is 10.1. The summed E-state index contributed by atoms with van der Waals surface area (Å²) in [5, 5.41) is 19.8. The van der Waals surface area contributed by atoms with Gasteiger partial charge in [0.25, 0.3) is 0 Å². The van der Waals surface area contributed by atoms with Crippen LogP contribution in [-0.2, 0) is 0 Å². The Morgan fingerprint density at radius 1 is 1.40 bits per heavy atom. The van der Waals surface area contributed by atoms with Crippen molar-refractivity contribution in [3.05, 3.63) is 52.1 Å². The Labute approximate surface area is 88.0 Å². The van der Waals surface area contributed by atoms with Crippen molar-refractivity contribution in [2.75, 3.05) is 0 Å². The van der Waals surface area contributed by atoms with Gasteiger partial charge in [-0.05, 0) is 11.6 Å². The van der Waals surface area contributed by atoms with Crippen molar-refractivity contribution in [3.63, 3.8) is 0 Å². The number of nitro groups is 1. The Balaban J connectivity index is 2.62. The standard InChI is InChI=1S/C11H13NO3/c1-9(12(14)15)11(13)8-7-10-5-3-2-4-6-10/h2-9,11,13H,1H3/b8-7-/t9-,11+/m1/s1. The minimum atomic E-state index is -1.06. The van der Waals surface area contributed by atoms with Crippen LogP contribution in [0, 0.1) is 10.1 Å². The summed E-state index contributed by atoms with van der Waals surface area (Å²) in [6.07, 6.45) is 2.05. The molecule has 0 fully saturated rings. The van der Waals surface area contributed by atoms with Gasteiger partial charge >= 0.3 is 0 Å². The maximum absolute atomic E-state index is 10.4. The molecule has 1 rings (SSSR count). The molecule has 0 spiro atoms. The first kappa shape index (κ1) is 11.4. The van der Waals surface area contributed by atoms with E-state index in [1.165, 1.54) is 13.0 Å². The van der Waals surface area contributed by atoms with Gasteiger partial charge in [-0.25, -0.2) is 0 Å². The monoisotopic (exact) mass is 207 g/mol. The number of rotatable bonds is 4. The summed E-state index contributed by atoms with van der Waals surface area (Å²) in [6, 6.07) is 8.35. The van der Waals surface area contributed by atoms with E-state index in [4.69, 9.17) is 0 Å². The van der Waals surface area contributed by atoms with E-state index in [0.717, 1.165) is 5.56 Å². The third kappa shape index (κ3) is 3.52. The van der Waals surface area contributed by atoms with Crippen molar-refractivity contribution in [3.8, 4) is 0 Å². The van der Waals surface area contributed by atoms with Crippen molar-refractivity contribution in [2.45, 2.75) is 19.1 Å². The van der Waals surface area contributed by atoms with Crippen LogP contribution in [0.1, 0.15) is 12.5 Å². The zero-order valence-electron chi connectivity index (χ0n) is 8.41. The minimum Gasteiger partial charge on any atom is -0.382 e. The van der Waals surface area contributed by atoms with Crippen LogP contribution < -0.4 is 0 Å². The summed E-state index contributed by atoms with van der Waals surface area (Å²) in [5.41, 5.74) is 0.909. The van der Waals surface area contributed by atoms with Gasteiger partial charge in [-0.2, -0.15) is 0 Å². The Kier molecular flexibility index (Phi) is 4.00. The molecule has 1 aromatic carbocycles. The maximum atomic E-state index is 10.4. The smallest absolute Gasteiger partial charge is 0.239 e. The van der Waals surface area contributed by atoms with Gasteiger partial charge in [0.2, 0.25) is 6.04 Å². The first-order valence-corrected chi connectivity index (χ1v) is 4.66. The second-order valence-corrected chi connectivity index (χ2v) is 3.29. The molecule has 4 nitrogen and oxygen atoms in total. The molecule has 0 aliphatic rings. The summed E-state index contributed by atoms with van der Waals surface area (Å²) in [6.45, 7) is 1.38. The second kappa shape index (κ2) is 5.26. The van der Waals surface area contributed by atoms with E-state index in [2.05, 4.69) is 0 Å². The Bertz CT molecular complexity index is 348. The Hall–Kier alpha value is -1.68. The van der Waals surface area contributed by atoms with Crippen LogP contribution in [0.5, 0.6) is 0 Å². The molecule has 0 saturated heterocycles. The van der Waals surface area contributed by atoms with Crippen LogP contribution in [0.3, 0.4) is 0 Å². The summed E-state index contributed by atoms with van der Waals surface area (Å²) in [4.78, 5) is 9.86. The van der Waals surface area contributed by atoms with Gasteiger partial charge in [0.15, 0.2) is 0 Å². The Morgan fingerprint density at radius 2 is 2.00 bits per heavy atom. The van der Waals surface area contributed by atoms with Crippen LogP contribution in [-0.4, -0.2) is 22.2 Å². The number of hydrogen-bond donors (Lipinski definition) is 1. The molecule has 0 radical (unpaired) electrons. The number of hydrogen-bond acceptors (Lipinski definition) is 3. The van der Waals surface area contributed by atoms with Crippen LogP contribution in [0.4, 0.5) is 0 Å². The normalized spacial score (nSPS) is 15.1. The molecule has 0 aromatic heterocycles. The van der Waals surface area contributed by atoms with Crippen LogP contribution >= 0.6 is 0 Å². The van der Waals surface area contributed by atoms with Gasteiger partial charge in [0, 0.05) is 11.8 Å². The SMILES string of the molecule is C[C@H]([C@@H](O)/C=C\c1ccccc1)[N+](=O)[O-]. The molecule has 2 atom stereocenters. The zero-order chi connectivity index (χ0) is 11.3. The predicted octanol–water partition coefficient (Wildman–Crippen LogP) is 1.73. The lowest BCUT2D eigenvalue weighted by Gasteiger charge is -2.06. The highest BCUT2D eigenvalue weighted by atomic mass is 16.6. The highest BCUT2D eigenvalue weighted by molar-refractivity contribution is 5.49. The van der Waals surface area contributed by atoms with Gasteiger partial charge in [-0.3, -0.25) is 10.1 Å². The molecule has 0 saturated carbocycles. The zero-order valence-corrected chi connectivity index (χ0v) is 8.41. The molecule has 0 heterocycles. The van der Waals surface area contributed by atoms with E-state index in [-0.39, 0.29) is 0 Å². The predicted molar refractivity (Wildman–Crippen MR) is 57.9 cm³/mol. The van der Waals surface area contributed by atoms with E-state index in [0.29, 0.717) is 0 Å². The molecule has 15 heavy (non-hydrogen) atoms. The number of nitrogens with zero attached hydrogens (tertiary/aromatic N) is 1. The van der Waals surface area contributed by atoms with Gasteiger partial charge in [-0.1, -0.05) is 36.4 Å². The fourth-order valence-corrected chi connectivity index (χ4v) is 1.06. The van der Waals surface area contributed by atoms with Crippen molar-refractivity contribution in [2.24, 2.45) is 0 Å². The average Bonchev–Trinajstić information content (AvgIpc) is 2.26. The summed E-state index contributed by atoms with van der Waals surface area (Å²) in [7, 11) is 0. The second-order valence-electron chi connectivity index (χ2n) is 3.29. The average molecular weight is 207 g/mol. The molecule has 1 N–H and O–H groups in total. The molecule has 0 bridgehead atoms. The lowest BCUT2D eigenvalue weighted by Crippen LogP contribution is -2.28. The van der Waals surface area contributed by atoms with E-state index in [1.807, 2.05) is 30.3 Å². The first-order chi connectivity index (χ1) is 7.11.